The second-order valence-electron chi connectivity index (χ2n) is 6.36. The van der Waals surface area contributed by atoms with Gasteiger partial charge in [0.25, 0.3) is 0 Å². The summed E-state index contributed by atoms with van der Waals surface area (Å²) in [5.41, 5.74) is 7.18. The van der Waals surface area contributed by atoms with Crippen LogP contribution in [0.4, 0.5) is 15.8 Å². The zero-order valence-corrected chi connectivity index (χ0v) is 13.3. The lowest BCUT2D eigenvalue weighted by molar-refractivity contribution is 0.276. The van der Waals surface area contributed by atoms with Crippen molar-refractivity contribution in [2.45, 2.75) is 52.5 Å². The lowest BCUT2D eigenvalue weighted by Crippen LogP contribution is -2.33. The van der Waals surface area contributed by atoms with E-state index in [-0.39, 0.29) is 5.75 Å². The van der Waals surface area contributed by atoms with Crippen molar-refractivity contribution >= 4 is 11.4 Å². The summed E-state index contributed by atoms with van der Waals surface area (Å²) in [5.74, 6) is 1.27. The first-order chi connectivity index (χ1) is 10.0. The molecular formula is C17H27FN2O. The number of rotatable bonds is 5. The summed E-state index contributed by atoms with van der Waals surface area (Å²) in [6.45, 7) is 7.08. The van der Waals surface area contributed by atoms with Crippen LogP contribution in [0.1, 0.15) is 46.5 Å². The van der Waals surface area contributed by atoms with Gasteiger partial charge in [-0.15, -0.1) is 0 Å². The summed E-state index contributed by atoms with van der Waals surface area (Å²) in [4.78, 5) is 0. The maximum Gasteiger partial charge on any atom is 0.167 e. The van der Waals surface area contributed by atoms with Crippen molar-refractivity contribution in [3.05, 3.63) is 17.9 Å². The standard InChI is InChI=1S/C17H27FN2O/c1-4-7-21-17-10-16(14(19)9-13(17)18)20-15-6-5-11(2)8-12(15)3/h9-12,15,20H,4-8,19H2,1-3H3. The van der Waals surface area contributed by atoms with Crippen LogP contribution < -0.4 is 15.8 Å². The van der Waals surface area contributed by atoms with Crippen molar-refractivity contribution in [1.29, 1.82) is 0 Å². The van der Waals surface area contributed by atoms with Crippen LogP contribution in [0.25, 0.3) is 0 Å². The predicted octanol–water partition coefficient (Wildman–Crippen LogP) is 4.43. The summed E-state index contributed by atoms with van der Waals surface area (Å²) < 4.78 is 19.3. The Bertz CT molecular complexity index is 478. The Balaban J connectivity index is 2.11. The van der Waals surface area contributed by atoms with E-state index in [2.05, 4.69) is 19.2 Å². The predicted molar refractivity (Wildman–Crippen MR) is 86.2 cm³/mol. The first kappa shape index (κ1) is 15.9. The Kier molecular flexibility index (Phi) is 5.32. The van der Waals surface area contributed by atoms with Gasteiger partial charge in [0.1, 0.15) is 0 Å². The van der Waals surface area contributed by atoms with Gasteiger partial charge in [-0.05, 0) is 37.5 Å². The van der Waals surface area contributed by atoms with Crippen LogP contribution in [0, 0.1) is 17.7 Å². The van der Waals surface area contributed by atoms with Crippen LogP contribution in [0.2, 0.25) is 0 Å². The molecule has 1 aliphatic rings. The molecule has 0 radical (unpaired) electrons. The van der Waals surface area contributed by atoms with Crippen LogP contribution in [-0.4, -0.2) is 12.6 Å². The van der Waals surface area contributed by atoms with Crippen LogP contribution >= 0.6 is 0 Å². The first-order valence-corrected chi connectivity index (χ1v) is 7.99. The van der Waals surface area contributed by atoms with Gasteiger partial charge >= 0.3 is 0 Å². The highest BCUT2D eigenvalue weighted by molar-refractivity contribution is 5.69. The molecule has 118 valence electrons. The van der Waals surface area contributed by atoms with E-state index in [0.29, 0.717) is 24.3 Å². The van der Waals surface area contributed by atoms with Crippen LogP contribution in [-0.2, 0) is 0 Å². The van der Waals surface area contributed by atoms with Gasteiger partial charge in [0, 0.05) is 18.2 Å². The van der Waals surface area contributed by atoms with E-state index in [4.69, 9.17) is 10.5 Å². The number of hydrogen-bond acceptors (Lipinski definition) is 3. The Morgan fingerprint density at radius 1 is 1.33 bits per heavy atom. The molecule has 0 saturated heterocycles. The SMILES string of the molecule is CCCOc1cc(NC2CCC(C)CC2C)c(N)cc1F. The van der Waals surface area contributed by atoms with Crippen molar-refractivity contribution in [2.75, 3.05) is 17.7 Å². The Morgan fingerprint density at radius 2 is 2.10 bits per heavy atom. The third kappa shape index (κ3) is 4.02. The quantitative estimate of drug-likeness (QED) is 0.790. The van der Waals surface area contributed by atoms with Crippen LogP contribution in [0.15, 0.2) is 12.1 Å². The van der Waals surface area contributed by atoms with Crippen molar-refractivity contribution in [3.63, 3.8) is 0 Å². The van der Waals surface area contributed by atoms with Crippen LogP contribution in [0.3, 0.4) is 0 Å². The van der Waals surface area contributed by atoms with E-state index in [9.17, 15) is 4.39 Å². The fraction of sp³-hybridized carbons (Fsp3) is 0.647. The molecule has 2 rings (SSSR count). The molecule has 0 spiro atoms. The zero-order valence-electron chi connectivity index (χ0n) is 13.3. The fourth-order valence-electron chi connectivity index (χ4n) is 3.10. The lowest BCUT2D eigenvalue weighted by atomic mass is 9.80. The average molecular weight is 294 g/mol. The number of nitrogens with one attached hydrogen (secondary N) is 1. The largest absolute Gasteiger partial charge is 0.490 e. The lowest BCUT2D eigenvalue weighted by Gasteiger charge is -2.34. The number of anilines is 2. The van der Waals surface area contributed by atoms with Gasteiger partial charge in [-0.2, -0.15) is 0 Å². The van der Waals surface area contributed by atoms with Gasteiger partial charge in [-0.25, -0.2) is 4.39 Å². The molecule has 0 aromatic heterocycles. The molecule has 1 aliphatic carbocycles. The molecule has 1 aromatic rings. The van der Waals surface area contributed by atoms with Gasteiger partial charge < -0.3 is 15.8 Å². The Labute approximate surface area is 127 Å². The average Bonchev–Trinajstić information content (AvgIpc) is 2.43. The molecule has 3 N–H and O–H groups in total. The molecule has 0 heterocycles. The molecule has 3 atom stereocenters. The minimum atomic E-state index is -0.392. The maximum absolute atomic E-state index is 13.8. The van der Waals surface area contributed by atoms with Crippen molar-refractivity contribution in [1.82, 2.24) is 0 Å². The molecule has 1 saturated carbocycles. The van der Waals surface area contributed by atoms with Crippen LogP contribution in [0.5, 0.6) is 5.75 Å². The number of nitrogens with two attached hydrogens (primary N) is 1. The summed E-state index contributed by atoms with van der Waals surface area (Å²) in [7, 11) is 0. The molecule has 1 fully saturated rings. The Hall–Kier alpha value is -1.45. The molecule has 4 heteroatoms. The molecular weight excluding hydrogens is 267 g/mol. The third-order valence-electron chi connectivity index (χ3n) is 4.34. The molecule has 0 amide bonds. The minimum absolute atomic E-state index is 0.283. The maximum atomic E-state index is 13.8. The summed E-state index contributed by atoms with van der Waals surface area (Å²) >= 11 is 0. The normalized spacial score (nSPS) is 25.6. The van der Waals surface area contributed by atoms with E-state index in [1.165, 1.54) is 18.9 Å². The molecule has 21 heavy (non-hydrogen) atoms. The van der Waals surface area contributed by atoms with E-state index < -0.39 is 5.82 Å². The van der Waals surface area contributed by atoms with Gasteiger partial charge in [-0.1, -0.05) is 20.8 Å². The number of hydrogen-bond donors (Lipinski definition) is 2. The molecule has 0 bridgehead atoms. The number of halogens is 1. The van der Waals surface area contributed by atoms with E-state index in [1.54, 1.807) is 6.07 Å². The van der Waals surface area contributed by atoms with Crippen molar-refractivity contribution < 1.29 is 9.13 Å². The zero-order chi connectivity index (χ0) is 15.4. The van der Waals surface area contributed by atoms with E-state index in [0.717, 1.165) is 24.4 Å². The second kappa shape index (κ2) is 7.01. The summed E-state index contributed by atoms with van der Waals surface area (Å²) in [5, 5.41) is 3.49. The third-order valence-corrected chi connectivity index (χ3v) is 4.34. The Morgan fingerprint density at radius 3 is 2.76 bits per heavy atom. The smallest absolute Gasteiger partial charge is 0.167 e. The monoisotopic (exact) mass is 294 g/mol. The first-order valence-electron chi connectivity index (χ1n) is 7.99. The minimum Gasteiger partial charge on any atom is -0.490 e. The number of ether oxygens (including phenoxy) is 1. The second-order valence-corrected chi connectivity index (χ2v) is 6.36. The highest BCUT2D eigenvalue weighted by atomic mass is 19.1. The fourth-order valence-corrected chi connectivity index (χ4v) is 3.10. The van der Waals surface area contributed by atoms with Crippen molar-refractivity contribution in [2.24, 2.45) is 11.8 Å². The highest BCUT2D eigenvalue weighted by Crippen LogP contribution is 2.34. The molecule has 0 aliphatic heterocycles. The molecule has 3 unspecified atom stereocenters. The van der Waals surface area contributed by atoms with Gasteiger partial charge in [-0.3, -0.25) is 0 Å². The summed E-state index contributed by atoms with van der Waals surface area (Å²) in [6.07, 6.45) is 4.43. The summed E-state index contributed by atoms with van der Waals surface area (Å²) in [6, 6.07) is 3.45. The van der Waals surface area contributed by atoms with Crippen molar-refractivity contribution in [3.8, 4) is 5.75 Å². The molecule has 1 aromatic carbocycles. The van der Waals surface area contributed by atoms with Gasteiger partial charge in [0.15, 0.2) is 11.6 Å². The molecule has 3 nitrogen and oxygen atoms in total. The topological polar surface area (TPSA) is 47.3 Å². The highest BCUT2D eigenvalue weighted by Gasteiger charge is 2.25. The number of nitrogen functional groups attached to an aromatic ring is 1. The van der Waals surface area contributed by atoms with E-state index >= 15 is 0 Å². The number of benzene rings is 1. The van der Waals surface area contributed by atoms with Gasteiger partial charge in [0.2, 0.25) is 0 Å². The van der Waals surface area contributed by atoms with Gasteiger partial charge in [0.05, 0.1) is 18.0 Å². The van der Waals surface area contributed by atoms with E-state index in [1.807, 2.05) is 6.92 Å².